The van der Waals surface area contributed by atoms with E-state index in [-0.39, 0.29) is 18.4 Å². The zero-order valence-electron chi connectivity index (χ0n) is 17.3. The maximum Gasteiger partial charge on any atom is 0.242 e. The fourth-order valence-electron chi connectivity index (χ4n) is 4.06. The second kappa shape index (κ2) is 9.02. The van der Waals surface area contributed by atoms with Crippen LogP contribution in [0.25, 0.3) is 0 Å². The van der Waals surface area contributed by atoms with Crippen molar-refractivity contribution in [1.82, 2.24) is 0 Å². The monoisotopic (exact) mass is 447 g/mol. The zero-order chi connectivity index (χ0) is 21.4. The van der Waals surface area contributed by atoms with Crippen molar-refractivity contribution in [3.05, 3.63) is 88.7 Å². The Kier molecular flexibility index (Phi) is 6.60. The highest BCUT2D eigenvalue weighted by atomic mass is 35.5. The lowest BCUT2D eigenvalue weighted by Gasteiger charge is -2.25. The van der Waals surface area contributed by atoms with Crippen molar-refractivity contribution in [1.29, 1.82) is 0 Å². The largest absolute Gasteiger partial charge is 1.00 e. The van der Waals surface area contributed by atoms with E-state index < -0.39 is 17.5 Å². The smallest absolute Gasteiger partial charge is 0.242 e. The minimum absolute atomic E-state index is 0. The SMILES string of the molecule is COc1cc2c(cc1OC)C(c1cc(F)cc(F)c1)=[N+](c1ccccc1F)C(C)C2.[Cl-]. The summed E-state index contributed by atoms with van der Waals surface area (Å²) in [4.78, 5) is 0. The van der Waals surface area contributed by atoms with Gasteiger partial charge in [-0.05, 0) is 42.8 Å². The minimum Gasteiger partial charge on any atom is -1.00 e. The van der Waals surface area contributed by atoms with Gasteiger partial charge in [0.25, 0.3) is 0 Å². The molecule has 1 aliphatic rings. The number of rotatable bonds is 4. The van der Waals surface area contributed by atoms with E-state index in [1.807, 2.05) is 13.0 Å². The van der Waals surface area contributed by atoms with E-state index in [9.17, 15) is 13.2 Å². The molecule has 0 saturated heterocycles. The highest BCUT2D eigenvalue weighted by Gasteiger charge is 2.36. The molecule has 0 saturated carbocycles. The van der Waals surface area contributed by atoms with E-state index in [1.54, 1.807) is 36.0 Å². The number of para-hydroxylation sites is 1. The molecule has 0 fully saturated rings. The van der Waals surface area contributed by atoms with Gasteiger partial charge in [-0.1, -0.05) is 12.1 Å². The summed E-state index contributed by atoms with van der Waals surface area (Å²) in [6.45, 7) is 1.95. The molecule has 162 valence electrons. The first-order chi connectivity index (χ1) is 14.4. The molecule has 0 spiro atoms. The molecular formula is C24H21ClF3NO2. The Balaban J connectivity index is 0.00000272. The first-order valence-corrected chi connectivity index (χ1v) is 9.55. The number of hydrogen-bond donors (Lipinski definition) is 0. The average Bonchev–Trinajstić information content (AvgIpc) is 2.71. The molecule has 1 heterocycles. The van der Waals surface area contributed by atoms with E-state index in [0.29, 0.717) is 40.4 Å². The first kappa shape index (κ1) is 22.7. The van der Waals surface area contributed by atoms with Crippen LogP contribution >= 0.6 is 0 Å². The molecule has 0 amide bonds. The molecule has 1 atom stereocenters. The van der Waals surface area contributed by atoms with Crippen molar-refractivity contribution in [2.75, 3.05) is 14.2 Å². The molecule has 0 aliphatic carbocycles. The van der Waals surface area contributed by atoms with Gasteiger partial charge in [0.15, 0.2) is 23.4 Å². The third kappa shape index (κ3) is 4.12. The van der Waals surface area contributed by atoms with Crippen LogP contribution in [0.2, 0.25) is 0 Å². The van der Waals surface area contributed by atoms with Crippen LogP contribution in [0.3, 0.4) is 0 Å². The maximum absolute atomic E-state index is 14.8. The number of halogens is 4. The summed E-state index contributed by atoms with van der Waals surface area (Å²) in [6, 6.07) is 13.2. The molecule has 0 aromatic heterocycles. The molecule has 3 aromatic rings. The van der Waals surface area contributed by atoms with E-state index in [0.717, 1.165) is 11.6 Å². The summed E-state index contributed by atoms with van der Waals surface area (Å²) in [7, 11) is 3.07. The third-order valence-electron chi connectivity index (χ3n) is 5.31. The van der Waals surface area contributed by atoms with E-state index >= 15 is 0 Å². The topological polar surface area (TPSA) is 21.5 Å². The Morgan fingerprint density at radius 3 is 2.10 bits per heavy atom. The summed E-state index contributed by atoms with van der Waals surface area (Å²) in [5, 5.41) is 0. The van der Waals surface area contributed by atoms with Gasteiger partial charge in [0.1, 0.15) is 11.6 Å². The summed E-state index contributed by atoms with van der Waals surface area (Å²) < 4.78 is 55.7. The van der Waals surface area contributed by atoms with Crippen LogP contribution in [0.4, 0.5) is 18.9 Å². The third-order valence-corrected chi connectivity index (χ3v) is 5.31. The average molecular weight is 448 g/mol. The Hall–Kier alpha value is -2.99. The van der Waals surface area contributed by atoms with Gasteiger partial charge in [-0.3, -0.25) is 0 Å². The van der Waals surface area contributed by atoms with Crippen LogP contribution in [0, 0.1) is 17.5 Å². The number of hydrogen-bond acceptors (Lipinski definition) is 2. The number of methoxy groups -OCH3 is 2. The fraction of sp³-hybridized carbons (Fsp3) is 0.208. The molecule has 3 nitrogen and oxygen atoms in total. The van der Waals surface area contributed by atoms with Gasteiger partial charge < -0.3 is 21.9 Å². The Bertz CT molecular complexity index is 1140. The Morgan fingerprint density at radius 1 is 0.871 bits per heavy atom. The van der Waals surface area contributed by atoms with Crippen LogP contribution in [0.15, 0.2) is 54.6 Å². The van der Waals surface area contributed by atoms with Gasteiger partial charge in [-0.2, -0.15) is 8.97 Å². The van der Waals surface area contributed by atoms with Crippen molar-refractivity contribution in [2.45, 2.75) is 19.4 Å². The van der Waals surface area contributed by atoms with Gasteiger partial charge >= 0.3 is 0 Å². The van der Waals surface area contributed by atoms with Crippen LogP contribution in [0.1, 0.15) is 23.6 Å². The lowest BCUT2D eigenvalue weighted by atomic mass is 9.88. The number of benzene rings is 3. The molecule has 3 aromatic carbocycles. The molecule has 0 N–H and O–H groups in total. The molecule has 1 unspecified atom stereocenters. The second-order valence-electron chi connectivity index (χ2n) is 7.25. The van der Waals surface area contributed by atoms with Crippen LogP contribution in [0.5, 0.6) is 11.5 Å². The normalized spacial score (nSPS) is 15.2. The number of fused-ring (bicyclic) bond motifs is 1. The fourth-order valence-corrected chi connectivity index (χ4v) is 4.06. The summed E-state index contributed by atoms with van der Waals surface area (Å²) in [6.07, 6.45) is 0.589. The lowest BCUT2D eigenvalue weighted by molar-refractivity contribution is -0.483. The molecule has 0 bridgehead atoms. The van der Waals surface area contributed by atoms with Crippen molar-refractivity contribution >= 4 is 11.4 Å². The lowest BCUT2D eigenvalue weighted by Crippen LogP contribution is -3.00. The highest BCUT2D eigenvalue weighted by molar-refractivity contribution is 6.12. The summed E-state index contributed by atoms with van der Waals surface area (Å²) in [5.74, 6) is -0.777. The Morgan fingerprint density at radius 2 is 1.48 bits per heavy atom. The second-order valence-corrected chi connectivity index (χ2v) is 7.25. The van der Waals surface area contributed by atoms with Crippen molar-refractivity contribution in [2.24, 2.45) is 0 Å². The van der Waals surface area contributed by atoms with E-state index in [4.69, 9.17) is 9.47 Å². The van der Waals surface area contributed by atoms with Gasteiger partial charge in [0.2, 0.25) is 11.4 Å². The molecule has 31 heavy (non-hydrogen) atoms. The highest BCUT2D eigenvalue weighted by Crippen LogP contribution is 2.37. The summed E-state index contributed by atoms with van der Waals surface area (Å²) >= 11 is 0. The standard InChI is InChI=1S/C24H21F3NO2.ClH/c1-14-8-15-11-22(29-2)23(30-3)13-19(15)24(16-9-17(25)12-18(26)10-16)28(14)21-7-5-4-6-20(21)27;/h4-7,9-14H,8H2,1-3H3;1H/q+1;/p-1. The van der Waals surface area contributed by atoms with Gasteiger partial charge in [-0.25, -0.2) is 8.78 Å². The molecular weight excluding hydrogens is 427 g/mol. The summed E-state index contributed by atoms with van der Waals surface area (Å²) in [5.41, 5.74) is 2.79. The van der Waals surface area contributed by atoms with Gasteiger partial charge in [0, 0.05) is 18.6 Å². The molecule has 1 aliphatic heterocycles. The van der Waals surface area contributed by atoms with Crippen molar-refractivity contribution in [3.63, 3.8) is 0 Å². The van der Waals surface area contributed by atoms with E-state index in [1.165, 1.54) is 25.3 Å². The first-order valence-electron chi connectivity index (χ1n) is 9.55. The Labute approximate surface area is 185 Å². The zero-order valence-corrected chi connectivity index (χ0v) is 18.0. The van der Waals surface area contributed by atoms with Crippen molar-refractivity contribution < 1.29 is 39.6 Å². The number of ether oxygens (including phenoxy) is 2. The van der Waals surface area contributed by atoms with Crippen LogP contribution in [-0.2, 0) is 6.42 Å². The van der Waals surface area contributed by atoms with Gasteiger partial charge in [0.05, 0.1) is 25.3 Å². The van der Waals surface area contributed by atoms with E-state index in [2.05, 4.69) is 0 Å². The molecule has 7 heteroatoms. The van der Waals surface area contributed by atoms with Crippen LogP contribution in [-0.4, -0.2) is 30.5 Å². The molecule has 0 radical (unpaired) electrons. The van der Waals surface area contributed by atoms with Crippen molar-refractivity contribution in [3.8, 4) is 11.5 Å². The minimum atomic E-state index is -0.703. The predicted octanol–water partition coefficient (Wildman–Crippen LogP) is 2.25. The maximum atomic E-state index is 14.8. The van der Waals surface area contributed by atoms with Gasteiger partial charge in [-0.15, -0.1) is 0 Å². The van der Waals surface area contributed by atoms with Crippen LogP contribution < -0.4 is 21.9 Å². The predicted molar refractivity (Wildman–Crippen MR) is 109 cm³/mol. The number of nitrogens with zero attached hydrogens (tertiary/aromatic N) is 1. The quantitative estimate of drug-likeness (QED) is 0.572. The molecule has 4 rings (SSSR count).